The summed E-state index contributed by atoms with van der Waals surface area (Å²) in [6, 6.07) is 6.57. The molecule has 23 heavy (non-hydrogen) atoms. The van der Waals surface area contributed by atoms with E-state index in [-0.39, 0.29) is 5.56 Å². The number of benzene rings is 1. The number of anilines is 1. The quantitative estimate of drug-likeness (QED) is 0.684. The molecule has 3 rings (SSSR count). The molecule has 0 bridgehead atoms. The highest BCUT2D eigenvalue weighted by Gasteiger charge is 2.08. The van der Waals surface area contributed by atoms with E-state index in [1.807, 2.05) is 0 Å². The SMILES string of the molecule is Cc1cc(Oc2ccnc3[nH]c(=O)cnc23)ccc1NC(=O)O. The number of carbonyl (C=O) groups is 1. The van der Waals surface area contributed by atoms with Crippen molar-refractivity contribution in [1.82, 2.24) is 15.0 Å². The van der Waals surface area contributed by atoms with Gasteiger partial charge in [-0.3, -0.25) is 10.1 Å². The second-order valence-corrected chi connectivity index (χ2v) is 4.76. The number of amides is 1. The van der Waals surface area contributed by atoms with Gasteiger partial charge in [0.1, 0.15) is 11.3 Å². The zero-order valence-electron chi connectivity index (χ0n) is 12.0. The predicted octanol–water partition coefficient (Wildman–Crippen LogP) is 2.51. The monoisotopic (exact) mass is 312 g/mol. The third-order valence-corrected chi connectivity index (χ3v) is 3.11. The van der Waals surface area contributed by atoms with Crippen molar-refractivity contribution >= 4 is 22.9 Å². The van der Waals surface area contributed by atoms with Crippen LogP contribution in [-0.2, 0) is 0 Å². The lowest BCUT2D eigenvalue weighted by Crippen LogP contribution is -2.08. The average Bonchev–Trinajstić information content (AvgIpc) is 2.49. The molecule has 0 aliphatic rings. The summed E-state index contributed by atoms with van der Waals surface area (Å²) in [6.45, 7) is 1.76. The van der Waals surface area contributed by atoms with Gasteiger partial charge in [0, 0.05) is 18.0 Å². The number of pyridine rings is 1. The van der Waals surface area contributed by atoms with E-state index in [1.165, 1.54) is 6.20 Å². The van der Waals surface area contributed by atoms with E-state index in [1.54, 1.807) is 31.2 Å². The molecule has 1 aromatic carbocycles. The normalized spacial score (nSPS) is 10.5. The van der Waals surface area contributed by atoms with E-state index in [0.29, 0.717) is 33.9 Å². The largest absolute Gasteiger partial charge is 0.465 e. The number of H-pyrrole nitrogens is 1. The van der Waals surface area contributed by atoms with Gasteiger partial charge in [-0.25, -0.2) is 14.8 Å². The van der Waals surface area contributed by atoms with E-state index in [9.17, 15) is 9.59 Å². The molecule has 0 saturated carbocycles. The maximum absolute atomic E-state index is 11.3. The number of rotatable bonds is 3. The van der Waals surface area contributed by atoms with E-state index in [4.69, 9.17) is 9.84 Å². The van der Waals surface area contributed by atoms with E-state index in [0.717, 1.165) is 6.20 Å². The van der Waals surface area contributed by atoms with Crippen LogP contribution in [0.2, 0.25) is 0 Å². The van der Waals surface area contributed by atoms with Gasteiger partial charge in [0.25, 0.3) is 5.56 Å². The van der Waals surface area contributed by atoms with Crippen LogP contribution in [0.1, 0.15) is 5.56 Å². The molecule has 0 atom stereocenters. The van der Waals surface area contributed by atoms with Crippen LogP contribution >= 0.6 is 0 Å². The Morgan fingerprint density at radius 3 is 2.87 bits per heavy atom. The molecule has 3 aromatic rings. The molecule has 0 spiro atoms. The van der Waals surface area contributed by atoms with Gasteiger partial charge in [0.2, 0.25) is 0 Å². The van der Waals surface area contributed by atoms with Crippen LogP contribution in [0, 0.1) is 6.92 Å². The smallest absolute Gasteiger partial charge is 0.409 e. The molecule has 0 saturated heterocycles. The summed E-state index contributed by atoms with van der Waals surface area (Å²) in [6.07, 6.45) is 1.53. The van der Waals surface area contributed by atoms with E-state index >= 15 is 0 Å². The van der Waals surface area contributed by atoms with Gasteiger partial charge in [0.15, 0.2) is 11.4 Å². The standard InChI is InChI=1S/C15H12N4O4/c1-8-6-9(2-3-10(8)18-15(21)22)23-11-4-5-16-14-13(11)17-7-12(20)19-14/h2-7,18H,1H3,(H,21,22)(H,16,19,20). The van der Waals surface area contributed by atoms with Gasteiger partial charge in [-0.15, -0.1) is 0 Å². The number of nitrogens with one attached hydrogen (secondary N) is 2. The van der Waals surface area contributed by atoms with Gasteiger partial charge in [-0.2, -0.15) is 0 Å². The van der Waals surface area contributed by atoms with Crippen molar-refractivity contribution < 1.29 is 14.6 Å². The van der Waals surface area contributed by atoms with Crippen LogP contribution in [0.3, 0.4) is 0 Å². The van der Waals surface area contributed by atoms with Crippen molar-refractivity contribution in [1.29, 1.82) is 0 Å². The fourth-order valence-electron chi connectivity index (χ4n) is 2.09. The number of ether oxygens (including phenoxy) is 1. The molecule has 0 radical (unpaired) electrons. The lowest BCUT2D eigenvalue weighted by molar-refractivity contribution is 0.209. The number of aryl methyl sites for hydroxylation is 1. The van der Waals surface area contributed by atoms with Crippen molar-refractivity contribution in [2.24, 2.45) is 0 Å². The predicted molar refractivity (Wildman–Crippen MR) is 83.1 cm³/mol. The number of aromatic nitrogens is 3. The number of hydrogen-bond donors (Lipinski definition) is 3. The summed E-state index contributed by atoms with van der Waals surface area (Å²) in [5.74, 6) is 0.948. The summed E-state index contributed by atoms with van der Waals surface area (Å²) < 4.78 is 5.77. The molecule has 2 heterocycles. The highest BCUT2D eigenvalue weighted by atomic mass is 16.5. The minimum absolute atomic E-state index is 0.330. The topological polar surface area (TPSA) is 117 Å². The van der Waals surface area contributed by atoms with E-state index in [2.05, 4.69) is 20.3 Å². The van der Waals surface area contributed by atoms with E-state index < -0.39 is 6.09 Å². The number of nitrogens with zero attached hydrogens (tertiary/aromatic N) is 2. The fourth-order valence-corrected chi connectivity index (χ4v) is 2.09. The van der Waals surface area contributed by atoms with Crippen molar-refractivity contribution in [2.75, 3.05) is 5.32 Å². The maximum atomic E-state index is 11.3. The third-order valence-electron chi connectivity index (χ3n) is 3.11. The summed E-state index contributed by atoms with van der Waals surface area (Å²) in [4.78, 5) is 32.6. The minimum atomic E-state index is -1.13. The molecule has 0 unspecified atom stereocenters. The lowest BCUT2D eigenvalue weighted by Gasteiger charge is -2.10. The second-order valence-electron chi connectivity index (χ2n) is 4.76. The summed E-state index contributed by atoms with van der Waals surface area (Å²) in [7, 11) is 0. The molecule has 8 nitrogen and oxygen atoms in total. The van der Waals surface area contributed by atoms with Gasteiger partial charge in [0.05, 0.1) is 6.20 Å². The van der Waals surface area contributed by atoms with Crippen LogP contribution < -0.4 is 15.6 Å². The highest BCUT2D eigenvalue weighted by molar-refractivity contribution is 5.84. The third kappa shape index (κ3) is 3.10. The molecular weight excluding hydrogens is 300 g/mol. The number of carboxylic acid groups (broad SMARTS) is 1. The average molecular weight is 312 g/mol. The number of hydrogen-bond acceptors (Lipinski definition) is 5. The van der Waals surface area contributed by atoms with Crippen LogP contribution in [0.5, 0.6) is 11.5 Å². The number of fused-ring (bicyclic) bond motifs is 1. The molecule has 3 N–H and O–H groups in total. The first-order valence-electron chi connectivity index (χ1n) is 6.65. The Labute approximate surface area is 129 Å². The number of aromatic amines is 1. The van der Waals surface area contributed by atoms with Crippen LogP contribution in [0.25, 0.3) is 11.2 Å². The van der Waals surface area contributed by atoms with Crippen molar-refractivity contribution in [2.45, 2.75) is 6.92 Å². The Bertz CT molecular complexity index is 952. The van der Waals surface area contributed by atoms with Crippen LogP contribution in [0.4, 0.5) is 10.5 Å². The van der Waals surface area contributed by atoms with Crippen LogP contribution in [0.15, 0.2) is 41.5 Å². The molecule has 0 fully saturated rings. The Kier molecular flexibility index (Phi) is 3.63. The van der Waals surface area contributed by atoms with Crippen molar-refractivity contribution in [3.63, 3.8) is 0 Å². The summed E-state index contributed by atoms with van der Waals surface area (Å²) in [5, 5.41) is 11.0. The Balaban J connectivity index is 1.95. The van der Waals surface area contributed by atoms with Gasteiger partial charge < -0.3 is 14.8 Å². The first-order valence-corrected chi connectivity index (χ1v) is 6.65. The van der Waals surface area contributed by atoms with Crippen LogP contribution in [-0.4, -0.2) is 26.2 Å². The highest BCUT2D eigenvalue weighted by Crippen LogP contribution is 2.28. The molecular formula is C15H12N4O4. The summed E-state index contributed by atoms with van der Waals surface area (Å²) >= 11 is 0. The zero-order chi connectivity index (χ0) is 16.4. The fraction of sp³-hybridized carbons (Fsp3) is 0.0667. The molecule has 2 aromatic heterocycles. The Hall–Kier alpha value is -3.42. The molecule has 1 amide bonds. The maximum Gasteiger partial charge on any atom is 0.409 e. The van der Waals surface area contributed by atoms with Crippen molar-refractivity contribution in [3.8, 4) is 11.5 Å². The van der Waals surface area contributed by atoms with Gasteiger partial charge >= 0.3 is 6.09 Å². The zero-order valence-corrected chi connectivity index (χ0v) is 12.0. The van der Waals surface area contributed by atoms with Gasteiger partial charge in [-0.1, -0.05) is 0 Å². The molecule has 0 aliphatic carbocycles. The Morgan fingerprint density at radius 1 is 1.30 bits per heavy atom. The van der Waals surface area contributed by atoms with Gasteiger partial charge in [-0.05, 0) is 30.7 Å². The second kappa shape index (κ2) is 5.76. The lowest BCUT2D eigenvalue weighted by atomic mass is 10.2. The minimum Gasteiger partial charge on any atom is -0.465 e. The first-order chi connectivity index (χ1) is 11.0. The summed E-state index contributed by atoms with van der Waals surface area (Å²) in [5.41, 5.74) is 1.60. The molecule has 116 valence electrons. The van der Waals surface area contributed by atoms with Crippen molar-refractivity contribution in [3.05, 3.63) is 52.6 Å². The molecule has 0 aliphatic heterocycles. The first kappa shape index (κ1) is 14.5. The molecule has 8 heteroatoms. The Morgan fingerprint density at radius 2 is 2.13 bits per heavy atom.